The third-order valence-electron chi connectivity index (χ3n) is 7.91. The topological polar surface area (TPSA) is 96.2 Å². The molecule has 1 aliphatic heterocycles. The summed E-state index contributed by atoms with van der Waals surface area (Å²) in [6.07, 6.45) is 4.51. The van der Waals surface area contributed by atoms with Crippen LogP contribution >= 0.6 is 23.2 Å². The van der Waals surface area contributed by atoms with Gasteiger partial charge in [0.1, 0.15) is 0 Å². The average Bonchev–Trinajstić information content (AvgIpc) is 3.05. The van der Waals surface area contributed by atoms with E-state index < -0.39 is 0 Å². The maximum atomic E-state index is 13.1. The Hall–Kier alpha value is -3.74. The molecule has 6 nitrogen and oxygen atoms in total. The number of nitrogens with two attached hydrogens (primary N) is 1. The van der Waals surface area contributed by atoms with Gasteiger partial charge in [0, 0.05) is 45.9 Å². The predicted molar refractivity (Wildman–Crippen MR) is 179 cm³/mol. The number of hydrogen-bond donors (Lipinski definition) is 4. The molecular weight excluding hydrogens is 579 g/mol. The average molecular weight is 618 g/mol. The number of carbonyl (C=O) groups is 2. The van der Waals surface area contributed by atoms with E-state index in [2.05, 4.69) is 43.6 Å². The minimum atomic E-state index is -0.311. The van der Waals surface area contributed by atoms with Crippen molar-refractivity contribution in [1.82, 2.24) is 0 Å². The predicted octanol–water partition coefficient (Wildman–Crippen LogP) is 9.17. The molecule has 0 saturated carbocycles. The van der Waals surface area contributed by atoms with Crippen LogP contribution in [0.25, 0.3) is 0 Å². The Morgan fingerprint density at radius 3 is 2.21 bits per heavy atom. The summed E-state index contributed by atoms with van der Waals surface area (Å²) in [5.41, 5.74) is 12.8. The fraction of sp³-hybridized carbons (Fsp3) is 0.314. The van der Waals surface area contributed by atoms with Crippen molar-refractivity contribution in [2.75, 3.05) is 21.7 Å². The highest BCUT2D eigenvalue weighted by Crippen LogP contribution is 2.46. The second-order valence-corrected chi connectivity index (χ2v) is 14.0. The molecular formula is C35H38Cl2N4O2. The summed E-state index contributed by atoms with van der Waals surface area (Å²) in [5.74, 6) is 0.332. The summed E-state index contributed by atoms with van der Waals surface area (Å²) in [7, 11) is 0. The summed E-state index contributed by atoms with van der Waals surface area (Å²) in [6.45, 7) is 8.47. The highest BCUT2D eigenvalue weighted by atomic mass is 35.5. The van der Waals surface area contributed by atoms with E-state index in [0.29, 0.717) is 28.6 Å². The van der Waals surface area contributed by atoms with Gasteiger partial charge in [-0.2, -0.15) is 0 Å². The quantitative estimate of drug-likeness (QED) is 0.219. The van der Waals surface area contributed by atoms with E-state index >= 15 is 0 Å². The number of rotatable bonds is 3. The third kappa shape index (κ3) is 7.26. The van der Waals surface area contributed by atoms with E-state index in [1.807, 2.05) is 60.7 Å². The summed E-state index contributed by atoms with van der Waals surface area (Å²) in [5, 5.41) is 11.4. The minimum absolute atomic E-state index is 0.0255. The number of allylic oxidation sites excluding steroid dienone is 3. The Bertz CT molecular complexity index is 1640. The van der Waals surface area contributed by atoms with Crippen LogP contribution in [0.3, 0.4) is 0 Å². The molecule has 1 heterocycles. The SMILES string of the molecule is CC1(C)CC(=O)C2=C(C1)Nc1ccccc1NC2c1ccc(Cl)cc1Cl.CC1(C)CC(=O)C=C(Nc2ccccc2N)C1. The molecule has 2 aliphatic carbocycles. The Morgan fingerprint density at radius 2 is 1.51 bits per heavy atom. The fourth-order valence-corrected chi connectivity index (χ4v) is 6.59. The molecule has 0 saturated heterocycles. The first-order chi connectivity index (χ1) is 20.3. The van der Waals surface area contributed by atoms with Crippen molar-refractivity contribution in [3.63, 3.8) is 0 Å². The van der Waals surface area contributed by atoms with Crippen molar-refractivity contribution in [1.29, 1.82) is 0 Å². The van der Waals surface area contributed by atoms with Crippen LogP contribution in [0.2, 0.25) is 10.0 Å². The first kappa shape index (κ1) is 30.7. The number of carbonyl (C=O) groups excluding carboxylic acids is 2. The number of hydrogen-bond acceptors (Lipinski definition) is 6. The van der Waals surface area contributed by atoms with Gasteiger partial charge in [-0.05, 0) is 65.6 Å². The van der Waals surface area contributed by atoms with Crippen LogP contribution in [0.15, 0.2) is 89.8 Å². The van der Waals surface area contributed by atoms with Gasteiger partial charge in [-0.25, -0.2) is 0 Å². The van der Waals surface area contributed by atoms with Gasteiger partial charge in [0.2, 0.25) is 0 Å². The molecule has 0 amide bonds. The van der Waals surface area contributed by atoms with Crippen molar-refractivity contribution < 1.29 is 9.59 Å². The number of benzene rings is 3. The van der Waals surface area contributed by atoms with E-state index in [-0.39, 0.29) is 28.4 Å². The standard InChI is InChI=1S/C21H20Cl2N2O.C14H18N2O/c1-21(2)10-17-19(18(26)11-21)20(13-8-7-12(22)9-14(13)23)25-16-6-4-3-5-15(16)24-17;1-14(2)8-10(7-11(17)9-14)16-13-6-4-3-5-12(13)15/h3-9,20,24-25H,10-11H2,1-2H3;3-7,16H,8-9,15H2,1-2H3. The number of ketones is 2. The smallest absolute Gasteiger partial charge is 0.163 e. The zero-order chi connectivity index (χ0) is 30.9. The van der Waals surface area contributed by atoms with Gasteiger partial charge in [-0.3, -0.25) is 9.59 Å². The number of Topliss-reactive ketones (excluding diaryl/α,β-unsaturated/α-hetero) is 1. The maximum absolute atomic E-state index is 13.1. The third-order valence-corrected chi connectivity index (χ3v) is 8.47. The van der Waals surface area contributed by atoms with Crippen LogP contribution in [-0.4, -0.2) is 11.6 Å². The highest BCUT2D eigenvalue weighted by Gasteiger charge is 2.39. The monoisotopic (exact) mass is 616 g/mol. The number of nitrogens with one attached hydrogen (secondary N) is 3. The van der Waals surface area contributed by atoms with Gasteiger partial charge in [-0.1, -0.05) is 81.2 Å². The van der Waals surface area contributed by atoms with Gasteiger partial charge in [0.15, 0.2) is 11.6 Å². The molecule has 3 aromatic carbocycles. The van der Waals surface area contributed by atoms with E-state index in [4.69, 9.17) is 28.9 Å². The molecule has 224 valence electrons. The molecule has 6 rings (SSSR count). The molecule has 0 fully saturated rings. The normalized spacial score (nSPS) is 20.2. The second-order valence-electron chi connectivity index (χ2n) is 13.1. The molecule has 3 aliphatic rings. The Balaban J connectivity index is 0.000000188. The first-order valence-corrected chi connectivity index (χ1v) is 15.2. The number of fused-ring (bicyclic) bond motifs is 1. The van der Waals surface area contributed by atoms with Gasteiger partial charge in [0.05, 0.1) is 28.8 Å². The Kier molecular flexibility index (Phi) is 8.64. The summed E-state index contributed by atoms with van der Waals surface area (Å²) < 4.78 is 0. The van der Waals surface area contributed by atoms with Gasteiger partial charge in [0.25, 0.3) is 0 Å². The van der Waals surface area contributed by atoms with Gasteiger partial charge >= 0.3 is 0 Å². The summed E-state index contributed by atoms with van der Waals surface area (Å²) >= 11 is 12.6. The largest absolute Gasteiger partial charge is 0.397 e. The highest BCUT2D eigenvalue weighted by molar-refractivity contribution is 6.35. The number of nitrogen functional groups attached to an aromatic ring is 1. The van der Waals surface area contributed by atoms with E-state index in [9.17, 15) is 9.59 Å². The zero-order valence-electron chi connectivity index (χ0n) is 25.0. The lowest BCUT2D eigenvalue weighted by atomic mass is 9.73. The van der Waals surface area contributed by atoms with Gasteiger partial charge < -0.3 is 21.7 Å². The molecule has 0 spiro atoms. The van der Waals surface area contributed by atoms with Crippen LogP contribution < -0.4 is 21.7 Å². The molecule has 8 heteroatoms. The lowest BCUT2D eigenvalue weighted by Gasteiger charge is -2.34. The fourth-order valence-electron chi connectivity index (χ4n) is 6.07. The van der Waals surface area contributed by atoms with Crippen LogP contribution in [0.4, 0.5) is 22.7 Å². The maximum Gasteiger partial charge on any atom is 0.163 e. The molecule has 1 atom stereocenters. The van der Waals surface area contributed by atoms with Crippen LogP contribution in [0.5, 0.6) is 0 Å². The number of anilines is 4. The molecule has 1 unspecified atom stereocenters. The van der Waals surface area contributed by atoms with Crippen molar-refractivity contribution >= 4 is 57.5 Å². The summed E-state index contributed by atoms with van der Waals surface area (Å²) in [6, 6.07) is 20.7. The molecule has 0 radical (unpaired) electrons. The Morgan fingerprint density at radius 1 is 0.837 bits per heavy atom. The lowest BCUT2D eigenvalue weighted by molar-refractivity contribution is -0.118. The molecule has 43 heavy (non-hydrogen) atoms. The lowest BCUT2D eigenvalue weighted by Crippen LogP contribution is -2.31. The van der Waals surface area contributed by atoms with Crippen molar-refractivity contribution in [2.24, 2.45) is 10.8 Å². The molecule has 3 aromatic rings. The van der Waals surface area contributed by atoms with Crippen LogP contribution in [0.1, 0.15) is 65.0 Å². The summed E-state index contributed by atoms with van der Waals surface area (Å²) in [4.78, 5) is 24.7. The van der Waals surface area contributed by atoms with Crippen LogP contribution in [-0.2, 0) is 9.59 Å². The van der Waals surface area contributed by atoms with E-state index in [1.54, 1.807) is 12.1 Å². The van der Waals surface area contributed by atoms with Crippen LogP contribution in [0, 0.1) is 10.8 Å². The minimum Gasteiger partial charge on any atom is -0.397 e. The molecule has 0 aromatic heterocycles. The zero-order valence-corrected chi connectivity index (χ0v) is 26.5. The van der Waals surface area contributed by atoms with E-state index in [0.717, 1.165) is 52.4 Å². The second kappa shape index (κ2) is 12.1. The molecule has 0 bridgehead atoms. The van der Waals surface area contributed by atoms with E-state index in [1.165, 1.54) is 0 Å². The molecule has 5 N–H and O–H groups in total. The number of para-hydroxylation sites is 4. The first-order valence-electron chi connectivity index (χ1n) is 14.5. The Labute approximate surface area is 263 Å². The van der Waals surface area contributed by atoms with Crippen molar-refractivity contribution in [3.05, 3.63) is 105 Å². The number of halogens is 2. The van der Waals surface area contributed by atoms with Crippen molar-refractivity contribution in [3.8, 4) is 0 Å². The van der Waals surface area contributed by atoms with Crippen molar-refractivity contribution in [2.45, 2.75) is 59.4 Å². The van der Waals surface area contributed by atoms with Gasteiger partial charge in [-0.15, -0.1) is 0 Å².